The Hall–Kier alpha value is -2.10. The number of ketones is 1. The summed E-state index contributed by atoms with van der Waals surface area (Å²) >= 11 is 0. The summed E-state index contributed by atoms with van der Waals surface area (Å²) in [7, 11) is 0. The molecule has 3 rings (SSSR count). The number of Topliss-reactive ketones (excluding diaryl/α,β-unsaturated/α-hetero) is 1. The van der Waals surface area contributed by atoms with Crippen LogP contribution in [0.15, 0.2) is 46.3 Å². The highest BCUT2D eigenvalue weighted by Crippen LogP contribution is 2.51. The largest absolute Gasteiger partial charge is 0.504 e. The van der Waals surface area contributed by atoms with Crippen molar-refractivity contribution in [2.45, 2.75) is 53.1 Å². The van der Waals surface area contributed by atoms with E-state index in [1.807, 2.05) is 52.8 Å². The third kappa shape index (κ3) is 2.45. The molecule has 1 aliphatic heterocycles. The molecule has 1 fully saturated rings. The molecule has 0 bridgehead atoms. The molecule has 1 atom stereocenters. The van der Waals surface area contributed by atoms with E-state index in [9.17, 15) is 14.7 Å². The zero-order chi connectivity index (χ0) is 17.9. The first-order chi connectivity index (χ1) is 11.0. The van der Waals surface area contributed by atoms with Crippen molar-refractivity contribution in [1.29, 1.82) is 0 Å². The van der Waals surface area contributed by atoms with Crippen molar-refractivity contribution < 1.29 is 19.4 Å². The highest BCUT2D eigenvalue weighted by molar-refractivity contribution is 6.09. The maximum Gasteiger partial charge on any atom is 0.307 e. The van der Waals surface area contributed by atoms with Crippen molar-refractivity contribution in [3.63, 3.8) is 0 Å². The Bertz CT molecular complexity index is 759. The minimum atomic E-state index is -0.695. The molecule has 0 radical (unpaired) electrons. The van der Waals surface area contributed by atoms with Crippen LogP contribution in [-0.4, -0.2) is 22.5 Å². The molecule has 128 valence electrons. The predicted octanol–water partition coefficient (Wildman–Crippen LogP) is 3.95. The Labute approximate surface area is 142 Å². The predicted molar refractivity (Wildman–Crippen MR) is 91.3 cm³/mol. The Morgan fingerprint density at radius 2 is 1.79 bits per heavy atom. The van der Waals surface area contributed by atoms with E-state index in [1.54, 1.807) is 0 Å². The van der Waals surface area contributed by atoms with Crippen LogP contribution in [-0.2, 0) is 14.3 Å². The van der Waals surface area contributed by atoms with Gasteiger partial charge in [0.05, 0.1) is 6.42 Å². The van der Waals surface area contributed by atoms with Crippen molar-refractivity contribution in [2.75, 3.05) is 0 Å². The van der Waals surface area contributed by atoms with Gasteiger partial charge in [0.15, 0.2) is 5.76 Å². The van der Waals surface area contributed by atoms with Crippen molar-refractivity contribution in [3.8, 4) is 0 Å². The third-order valence-electron chi connectivity index (χ3n) is 5.24. The van der Waals surface area contributed by atoms with Crippen molar-refractivity contribution in [2.24, 2.45) is 11.3 Å². The number of cyclic esters (lactones) is 1. The van der Waals surface area contributed by atoms with Gasteiger partial charge in [-0.15, -0.1) is 0 Å². The summed E-state index contributed by atoms with van der Waals surface area (Å²) in [6, 6.07) is 0. The number of rotatable bonds is 1. The molecule has 0 aromatic carbocycles. The molecule has 1 saturated heterocycles. The summed E-state index contributed by atoms with van der Waals surface area (Å²) in [5.41, 5.74) is 1.94. The molecule has 0 aromatic heterocycles. The lowest BCUT2D eigenvalue weighted by Crippen LogP contribution is -2.45. The molecule has 3 aliphatic rings. The summed E-state index contributed by atoms with van der Waals surface area (Å²) < 4.78 is 5.53. The van der Waals surface area contributed by atoms with Gasteiger partial charge in [0.2, 0.25) is 5.78 Å². The fourth-order valence-corrected chi connectivity index (χ4v) is 4.13. The molecule has 2 aliphatic carbocycles. The van der Waals surface area contributed by atoms with Gasteiger partial charge in [-0.3, -0.25) is 9.59 Å². The maximum atomic E-state index is 12.5. The van der Waals surface area contributed by atoms with Crippen molar-refractivity contribution >= 4 is 11.8 Å². The van der Waals surface area contributed by atoms with Gasteiger partial charge < -0.3 is 9.84 Å². The monoisotopic (exact) mass is 328 g/mol. The van der Waals surface area contributed by atoms with Crippen LogP contribution in [0.5, 0.6) is 0 Å². The summed E-state index contributed by atoms with van der Waals surface area (Å²) in [6.07, 6.45) is 6.49. The SMILES string of the molecule is CC(C)C1=CC2=CC=C3C(C)(C)OC(=O)C[C@]3(C)CC2=C(O)C1=O. The number of hydrogen-bond donors (Lipinski definition) is 1. The number of hydrogen-bond acceptors (Lipinski definition) is 4. The highest BCUT2D eigenvalue weighted by Gasteiger charge is 2.48. The molecule has 4 nitrogen and oxygen atoms in total. The lowest BCUT2D eigenvalue weighted by Gasteiger charge is -2.44. The third-order valence-corrected chi connectivity index (χ3v) is 5.24. The van der Waals surface area contributed by atoms with E-state index in [2.05, 4.69) is 0 Å². The number of fused-ring (bicyclic) bond motifs is 2. The van der Waals surface area contributed by atoms with E-state index in [4.69, 9.17) is 4.74 Å². The van der Waals surface area contributed by atoms with Crippen LogP contribution in [0, 0.1) is 11.3 Å². The number of carbonyl (C=O) groups excluding carboxylic acids is 2. The Morgan fingerprint density at radius 1 is 1.12 bits per heavy atom. The fourth-order valence-electron chi connectivity index (χ4n) is 4.13. The number of allylic oxidation sites excluding steroid dienone is 6. The Kier molecular flexibility index (Phi) is 3.63. The molecular weight excluding hydrogens is 304 g/mol. The first-order valence-corrected chi connectivity index (χ1v) is 8.39. The van der Waals surface area contributed by atoms with Crippen molar-refractivity contribution in [1.82, 2.24) is 0 Å². The van der Waals surface area contributed by atoms with Gasteiger partial charge in [-0.1, -0.05) is 32.9 Å². The van der Waals surface area contributed by atoms with Crippen LogP contribution in [0.4, 0.5) is 0 Å². The number of esters is 1. The van der Waals surface area contributed by atoms with Gasteiger partial charge in [-0.25, -0.2) is 0 Å². The van der Waals surface area contributed by atoms with Gasteiger partial charge in [0, 0.05) is 16.6 Å². The second-order valence-corrected chi connectivity index (χ2v) is 8.01. The molecule has 0 spiro atoms. The Morgan fingerprint density at radius 3 is 2.42 bits per heavy atom. The van der Waals surface area contributed by atoms with Gasteiger partial charge >= 0.3 is 5.97 Å². The molecule has 0 unspecified atom stereocenters. The molecule has 0 aromatic rings. The van der Waals surface area contributed by atoms with Gasteiger partial charge in [0.25, 0.3) is 0 Å². The summed E-state index contributed by atoms with van der Waals surface area (Å²) in [5, 5.41) is 10.5. The normalized spacial score (nSPS) is 29.2. The number of carbonyl (C=O) groups is 2. The Balaban J connectivity index is 2.15. The minimum Gasteiger partial charge on any atom is -0.504 e. The molecule has 1 heterocycles. The van der Waals surface area contributed by atoms with Crippen LogP contribution in [0.2, 0.25) is 0 Å². The smallest absolute Gasteiger partial charge is 0.307 e. The van der Waals surface area contributed by atoms with Gasteiger partial charge in [0.1, 0.15) is 5.60 Å². The number of aliphatic hydroxyl groups excluding tert-OH is 1. The first kappa shape index (κ1) is 16.7. The van der Waals surface area contributed by atoms with Crippen LogP contribution in [0.3, 0.4) is 0 Å². The van der Waals surface area contributed by atoms with E-state index in [0.717, 1.165) is 11.1 Å². The lowest BCUT2D eigenvalue weighted by molar-refractivity contribution is -0.162. The molecule has 24 heavy (non-hydrogen) atoms. The topological polar surface area (TPSA) is 63.6 Å². The standard InChI is InChI=1S/C20H24O4/c1-11(2)13-8-12-6-7-15-19(3,4)24-16(21)10-20(15,5)9-14(12)18(23)17(13)22/h6-8,11,23H,9-10H2,1-5H3/t20-/m0/s1. The van der Waals surface area contributed by atoms with E-state index in [-0.39, 0.29) is 29.9 Å². The lowest BCUT2D eigenvalue weighted by atomic mass is 9.67. The minimum absolute atomic E-state index is 0.0391. The van der Waals surface area contributed by atoms with Crippen LogP contribution in [0.25, 0.3) is 0 Å². The van der Waals surface area contributed by atoms with E-state index in [0.29, 0.717) is 17.6 Å². The molecule has 0 amide bonds. The van der Waals surface area contributed by atoms with E-state index < -0.39 is 11.0 Å². The maximum absolute atomic E-state index is 12.5. The average Bonchev–Trinajstić information content (AvgIpc) is 2.58. The average molecular weight is 328 g/mol. The summed E-state index contributed by atoms with van der Waals surface area (Å²) in [5.74, 6) is -0.692. The van der Waals surface area contributed by atoms with Crippen LogP contribution < -0.4 is 0 Å². The van der Waals surface area contributed by atoms with Gasteiger partial charge in [-0.05, 0) is 43.4 Å². The quantitative estimate of drug-likeness (QED) is 0.740. The second-order valence-electron chi connectivity index (χ2n) is 8.01. The molecule has 1 N–H and O–H groups in total. The molecule has 4 heteroatoms. The summed E-state index contributed by atoms with van der Waals surface area (Å²) in [6.45, 7) is 9.65. The zero-order valence-corrected chi connectivity index (χ0v) is 14.9. The molecular formula is C20H24O4. The highest BCUT2D eigenvalue weighted by atomic mass is 16.6. The summed E-state index contributed by atoms with van der Waals surface area (Å²) in [4.78, 5) is 24.6. The number of aliphatic hydroxyl groups is 1. The molecule has 0 saturated carbocycles. The second kappa shape index (κ2) is 5.20. The van der Waals surface area contributed by atoms with E-state index >= 15 is 0 Å². The van der Waals surface area contributed by atoms with Crippen LogP contribution >= 0.6 is 0 Å². The van der Waals surface area contributed by atoms with Gasteiger partial charge in [-0.2, -0.15) is 0 Å². The van der Waals surface area contributed by atoms with Crippen LogP contribution in [0.1, 0.15) is 47.5 Å². The van der Waals surface area contributed by atoms with Crippen molar-refractivity contribution in [3.05, 3.63) is 46.3 Å². The van der Waals surface area contributed by atoms with E-state index in [1.165, 1.54) is 0 Å². The first-order valence-electron chi connectivity index (χ1n) is 8.39. The zero-order valence-electron chi connectivity index (χ0n) is 14.9. The number of ether oxygens (including phenoxy) is 1. The fraction of sp³-hybridized carbons (Fsp3) is 0.500.